The van der Waals surface area contributed by atoms with E-state index in [1.54, 1.807) is 0 Å². The van der Waals surface area contributed by atoms with Crippen molar-refractivity contribution in [2.24, 2.45) is 0 Å². The second kappa shape index (κ2) is 9.84. The van der Waals surface area contributed by atoms with Crippen molar-refractivity contribution in [3.05, 3.63) is 89.5 Å². The van der Waals surface area contributed by atoms with Crippen LogP contribution in [-0.4, -0.2) is 6.29 Å². The highest BCUT2D eigenvalue weighted by atomic mass is 15.3. The number of rotatable bonds is 9. The fraction of sp³-hybridized carbons (Fsp3) is 0.280. The smallest absolute Gasteiger partial charge is 0.173 e. The molecule has 3 N–H and O–H groups in total. The van der Waals surface area contributed by atoms with Crippen LogP contribution >= 0.6 is 0 Å². The van der Waals surface area contributed by atoms with Gasteiger partial charge in [-0.2, -0.15) is 0 Å². The van der Waals surface area contributed by atoms with Gasteiger partial charge in [0.15, 0.2) is 6.29 Å². The first-order valence-corrected chi connectivity index (χ1v) is 10.3. The van der Waals surface area contributed by atoms with Crippen LogP contribution < -0.4 is 16.0 Å². The molecule has 3 aromatic carbocycles. The Labute approximate surface area is 169 Å². The van der Waals surface area contributed by atoms with Crippen molar-refractivity contribution in [2.75, 3.05) is 16.0 Å². The maximum atomic E-state index is 3.68. The van der Waals surface area contributed by atoms with Gasteiger partial charge in [-0.15, -0.1) is 0 Å². The summed E-state index contributed by atoms with van der Waals surface area (Å²) >= 11 is 0. The number of anilines is 3. The topological polar surface area (TPSA) is 36.1 Å². The lowest BCUT2D eigenvalue weighted by molar-refractivity contribution is 0.913. The van der Waals surface area contributed by atoms with Crippen molar-refractivity contribution in [3.63, 3.8) is 0 Å². The van der Waals surface area contributed by atoms with E-state index in [1.807, 2.05) is 0 Å². The van der Waals surface area contributed by atoms with E-state index in [-0.39, 0.29) is 6.29 Å². The number of para-hydroxylation sites is 3. The molecule has 0 aliphatic heterocycles. The summed E-state index contributed by atoms with van der Waals surface area (Å²) in [6, 6.07) is 25.5. The molecule has 0 atom stereocenters. The van der Waals surface area contributed by atoms with E-state index in [2.05, 4.69) is 110 Å². The zero-order valence-electron chi connectivity index (χ0n) is 17.1. The molecule has 0 fully saturated rings. The number of hydrogen-bond acceptors (Lipinski definition) is 3. The lowest BCUT2D eigenvalue weighted by Gasteiger charge is -2.27. The summed E-state index contributed by atoms with van der Waals surface area (Å²) in [7, 11) is 0. The van der Waals surface area contributed by atoms with Crippen molar-refractivity contribution in [2.45, 2.75) is 46.3 Å². The monoisotopic (exact) mass is 373 g/mol. The summed E-state index contributed by atoms with van der Waals surface area (Å²) in [5.74, 6) is 0. The largest absolute Gasteiger partial charge is 0.348 e. The maximum absolute atomic E-state index is 3.68. The third-order valence-electron chi connectivity index (χ3n) is 5.09. The van der Waals surface area contributed by atoms with Gasteiger partial charge in [0, 0.05) is 17.1 Å². The zero-order chi connectivity index (χ0) is 19.8. The molecule has 0 spiro atoms. The molecule has 28 heavy (non-hydrogen) atoms. The van der Waals surface area contributed by atoms with E-state index in [4.69, 9.17) is 0 Å². The summed E-state index contributed by atoms with van der Waals surface area (Å²) < 4.78 is 0. The highest BCUT2D eigenvalue weighted by Crippen LogP contribution is 2.23. The molecule has 0 radical (unpaired) electrons. The molecule has 3 aromatic rings. The van der Waals surface area contributed by atoms with Crippen LogP contribution in [0.4, 0.5) is 17.1 Å². The van der Waals surface area contributed by atoms with Gasteiger partial charge < -0.3 is 16.0 Å². The molecule has 0 heterocycles. The van der Waals surface area contributed by atoms with E-state index < -0.39 is 0 Å². The van der Waals surface area contributed by atoms with Crippen molar-refractivity contribution < 1.29 is 0 Å². The zero-order valence-corrected chi connectivity index (χ0v) is 17.1. The van der Waals surface area contributed by atoms with Gasteiger partial charge in [0.2, 0.25) is 0 Å². The molecular weight excluding hydrogens is 342 g/mol. The average Bonchev–Trinajstić information content (AvgIpc) is 2.75. The van der Waals surface area contributed by atoms with Crippen LogP contribution in [0.15, 0.2) is 72.8 Å². The van der Waals surface area contributed by atoms with Crippen LogP contribution in [0.25, 0.3) is 0 Å². The van der Waals surface area contributed by atoms with Gasteiger partial charge >= 0.3 is 0 Å². The number of hydrogen-bond donors (Lipinski definition) is 3. The molecule has 3 rings (SSSR count). The Morgan fingerprint density at radius 3 is 1.07 bits per heavy atom. The van der Waals surface area contributed by atoms with Gasteiger partial charge in [0.1, 0.15) is 0 Å². The van der Waals surface area contributed by atoms with Crippen molar-refractivity contribution in [3.8, 4) is 0 Å². The van der Waals surface area contributed by atoms with Crippen LogP contribution in [0.3, 0.4) is 0 Å². The predicted molar refractivity (Wildman–Crippen MR) is 122 cm³/mol. The first-order chi connectivity index (χ1) is 13.7. The number of nitrogens with one attached hydrogen (secondary N) is 3. The summed E-state index contributed by atoms with van der Waals surface area (Å²) in [5, 5.41) is 11.0. The second-order valence-electron chi connectivity index (χ2n) is 6.90. The van der Waals surface area contributed by atoms with Gasteiger partial charge in [-0.3, -0.25) is 0 Å². The van der Waals surface area contributed by atoms with Crippen molar-refractivity contribution >= 4 is 17.1 Å². The van der Waals surface area contributed by atoms with Gasteiger partial charge in [-0.25, -0.2) is 0 Å². The van der Waals surface area contributed by atoms with E-state index in [9.17, 15) is 0 Å². The molecule has 0 saturated heterocycles. The second-order valence-corrected chi connectivity index (χ2v) is 6.90. The summed E-state index contributed by atoms with van der Waals surface area (Å²) in [4.78, 5) is 0. The molecule has 0 aromatic heterocycles. The Hall–Kier alpha value is -2.94. The molecular formula is C25H31N3. The van der Waals surface area contributed by atoms with E-state index >= 15 is 0 Å². The minimum absolute atomic E-state index is 0.131. The van der Waals surface area contributed by atoms with Crippen LogP contribution in [0.1, 0.15) is 37.5 Å². The van der Waals surface area contributed by atoms with E-state index in [0.29, 0.717) is 0 Å². The highest BCUT2D eigenvalue weighted by Gasteiger charge is 2.13. The molecule has 0 aliphatic carbocycles. The minimum Gasteiger partial charge on any atom is -0.348 e. The Bertz CT molecular complexity index is 771. The normalized spacial score (nSPS) is 10.7. The molecule has 0 saturated carbocycles. The fourth-order valence-corrected chi connectivity index (χ4v) is 3.48. The highest BCUT2D eigenvalue weighted by molar-refractivity contribution is 5.60. The van der Waals surface area contributed by atoms with Crippen LogP contribution in [0.2, 0.25) is 0 Å². The van der Waals surface area contributed by atoms with Gasteiger partial charge in [-0.1, -0.05) is 75.4 Å². The van der Waals surface area contributed by atoms with Gasteiger partial charge in [0.25, 0.3) is 0 Å². The summed E-state index contributed by atoms with van der Waals surface area (Å²) in [6.07, 6.45) is 2.85. The Morgan fingerprint density at radius 1 is 0.500 bits per heavy atom. The molecule has 0 aliphatic rings. The number of aryl methyl sites for hydroxylation is 3. The summed E-state index contributed by atoms with van der Waals surface area (Å²) in [6.45, 7) is 6.57. The lowest BCUT2D eigenvalue weighted by Crippen LogP contribution is -2.37. The molecule has 3 nitrogen and oxygen atoms in total. The molecule has 0 amide bonds. The number of benzene rings is 3. The first-order valence-electron chi connectivity index (χ1n) is 10.3. The Morgan fingerprint density at radius 2 is 0.786 bits per heavy atom. The SMILES string of the molecule is CCc1ccccc1NC(Nc1ccccc1CC)Nc1ccccc1CC. The van der Waals surface area contributed by atoms with Gasteiger partial charge in [-0.05, 0) is 54.2 Å². The lowest BCUT2D eigenvalue weighted by atomic mass is 10.1. The van der Waals surface area contributed by atoms with Crippen molar-refractivity contribution in [1.29, 1.82) is 0 Å². The molecule has 0 bridgehead atoms. The van der Waals surface area contributed by atoms with E-state index in [1.165, 1.54) is 16.7 Å². The third-order valence-corrected chi connectivity index (χ3v) is 5.09. The van der Waals surface area contributed by atoms with Crippen LogP contribution in [-0.2, 0) is 19.3 Å². The molecule has 3 heteroatoms. The predicted octanol–water partition coefficient (Wildman–Crippen LogP) is 6.29. The minimum atomic E-state index is -0.131. The quantitative estimate of drug-likeness (QED) is 0.386. The third kappa shape index (κ3) is 4.86. The van der Waals surface area contributed by atoms with Crippen LogP contribution in [0, 0.1) is 0 Å². The van der Waals surface area contributed by atoms with E-state index in [0.717, 1.165) is 36.3 Å². The maximum Gasteiger partial charge on any atom is 0.173 e. The van der Waals surface area contributed by atoms with Crippen LogP contribution in [0.5, 0.6) is 0 Å². The van der Waals surface area contributed by atoms with Crippen molar-refractivity contribution in [1.82, 2.24) is 0 Å². The molecule has 146 valence electrons. The Balaban J connectivity index is 1.91. The molecule has 0 unspecified atom stereocenters. The Kier molecular flexibility index (Phi) is 6.96. The van der Waals surface area contributed by atoms with Gasteiger partial charge in [0.05, 0.1) is 0 Å². The standard InChI is InChI=1S/C25H31N3/c1-4-19-13-7-10-16-22(19)26-25(27-23-17-11-8-14-20(23)5-2)28-24-18-12-9-15-21(24)6-3/h7-18,25-28H,4-6H2,1-3H3. The fourth-order valence-electron chi connectivity index (χ4n) is 3.48. The summed E-state index contributed by atoms with van der Waals surface area (Å²) in [5.41, 5.74) is 7.38. The first kappa shape index (κ1) is 19.8. The average molecular weight is 374 g/mol.